The fourth-order valence-electron chi connectivity index (χ4n) is 1.73. The van der Waals surface area contributed by atoms with Crippen LogP contribution in [0.25, 0.3) is 0 Å². The van der Waals surface area contributed by atoms with Crippen LogP contribution in [0.15, 0.2) is 47.2 Å². The minimum atomic E-state index is -0.582. The second-order valence-electron chi connectivity index (χ2n) is 4.01. The van der Waals surface area contributed by atoms with Crippen molar-refractivity contribution < 1.29 is 9.84 Å². The van der Waals surface area contributed by atoms with E-state index in [1.807, 2.05) is 24.3 Å². The Labute approximate surface area is 115 Å². The van der Waals surface area contributed by atoms with Crippen molar-refractivity contribution in [2.45, 2.75) is 12.5 Å². The van der Waals surface area contributed by atoms with Gasteiger partial charge in [-0.05, 0) is 23.8 Å². The Balaban J connectivity index is 2.13. The minimum absolute atomic E-state index is 0.550. The smallest absolute Gasteiger partial charge is 0.137 e. The van der Waals surface area contributed by atoms with Crippen molar-refractivity contribution >= 4 is 15.9 Å². The molecule has 18 heavy (non-hydrogen) atoms. The molecule has 1 atom stereocenters. The summed E-state index contributed by atoms with van der Waals surface area (Å²) >= 11 is 3.42. The van der Waals surface area contributed by atoms with Gasteiger partial charge >= 0.3 is 0 Å². The van der Waals surface area contributed by atoms with Gasteiger partial charge in [0.25, 0.3) is 0 Å². The van der Waals surface area contributed by atoms with E-state index < -0.39 is 6.10 Å². The van der Waals surface area contributed by atoms with Crippen LogP contribution < -0.4 is 4.74 Å². The van der Waals surface area contributed by atoms with Gasteiger partial charge in [-0.25, -0.2) is 0 Å². The first-order valence-corrected chi connectivity index (χ1v) is 6.40. The highest BCUT2D eigenvalue weighted by atomic mass is 79.9. The summed E-state index contributed by atoms with van der Waals surface area (Å²) in [6, 6.07) is 9.70. The van der Waals surface area contributed by atoms with Gasteiger partial charge in [0.15, 0.2) is 0 Å². The Bertz CT molecular complexity index is 531. The van der Waals surface area contributed by atoms with Gasteiger partial charge in [0.2, 0.25) is 0 Å². The van der Waals surface area contributed by atoms with Crippen molar-refractivity contribution in [3.05, 3.63) is 58.3 Å². The normalized spacial score (nSPS) is 12.2. The fraction of sp³-hybridized carbons (Fsp3) is 0.214. The largest absolute Gasteiger partial charge is 0.495 e. The summed E-state index contributed by atoms with van der Waals surface area (Å²) in [6.07, 6.45) is 3.25. The molecule has 1 aromatic carbocycles. The molecule has 2 rings (SSSR count). The lowest BCUT2D eigenvalue weighted by atomic mass is 10.0. The van der Waals surface area contributed by atoms with E-state index in [1.165, 1.54) is 0 Å². The number of hydrogen-bond donors (Lipinski definition) is 1. The van der Waals surface area contributed by atoms with Crippen LogP contribution in [0.3, 0.4) is 0 Å². The molecule has 0 bridgehead atoms. The maximum Gasteiger partial charge on any atom is 0.137 e. The zero-order chi connectivity index (χ0) is 13.0. The average Bonchev–Trinajstić information content (AvgIpc) is 2.39. The molecule has 1 heterocycles. The number of pyridine rings is 1. The van der Waals surface area contributed by atoms with E-state index in [1.54, 1.807) is 25.6 Å². The van der Waals surface area contributed by atoms with Gasteiger partial charge in [-0.1, -0.05) is 28.1 Å². The number of hydrogen-bond acceptors (Lipinski definition) is 3. The number of aromatic nitrogens is 1. The summed E-state index contributed by atoms with van der Waals surface area (Å²) in [4.78, 5) is 4.04. The quantitative estimate of drug-likeness (QED) is 0.943. The van der Waals surface area contributed by atoms with Gasteiger partial charge in [-0.2, -0.15) is 0 Å². The number of nitrogens with zero attached hydrogens (tertiary/aromatic N) is 1. The van der Waals surface area contributed by atoms with Gasteiger partial charge in [-0.3, -0.25) is 4.98 Å². The monoisotopic (exact) mass is 307 g/mol. The molecule has 2 aromatic rings. The second kappa shape index (κ2) is 5.98. The molecule has 1 aromatic heterocycles. The van der Waals surface area contributed by atoms with Crippen molar-refractivity contribution in [1.29, 1.82) is 0 Å². The lowest BCUT2D eigenvalue weighted by molar-refractivity contribution is 0.177. The van der Waals surface area contributed by atoms with Crippen molar-refractivity contribution in [3.8, 4) is 5.75 Å². The lowest BCUT2D eigenvalue weighted by Crippen LogP contribution is -2.02. The molecule has 1 N–H and O–H groups in total. The molecule has 0 amide bonds. The molecule has 0 saturated heterocycles. The van der Waals surface area contributed by atoms with E-state index in [9.17, 15) is 5.11 Å². The maximum absolute atomic E-state index is 10.2. The molecule has 0 radical (unpaired) electrons. The fourth-order valence-corrected chi connectivity index (χ4v) is 2.18. The Morgan fingerprint density at radius 2 is 2.17 bits per heavy atom. The summed E-state index contributed by atoms with van der Waals surface area (Å²) in [7, 11) is 1.58. The van der Waals surface area contributed by atoms with Crippen LogP contribution in [0.4, 0.5) is 0 Å². The molecule has 1 unspecified atom stereocenters. The van der Waals surface area contributed by atoms with E-state index >= 15 is 0 Å². The van der Waals surface area contributed by atoms with E-state index in [4.69, 9.17) is 4.74 Å². The van der Waals surface area contributed by atoms with Gasteiger partial charge < -0.3 is 9.84 Å². The highest BCUT2D eigenvalue weighted by Crippen LogP contribution is 2.22. The SMILES string of the molecule is COc1cncc(C(O)Cc2cccc(Br)c2)c1. The van der Waals surface area contributed by atoms with Gasteiger partial charge in [-0.15, -0.1) is 0 Å². The number of benzene rings is 1. The van der Waals surface area contributed by atoms with Crippen LogP contribution in [0.2, 0.25) is 0 Å². The van der Waals surface area contributed by atoms with Gasteiger partial charge in [0.05, 0.1) is 19.4 Å². The number of methoxy groups -OCH3 is 1. The number of aliphatic hydroxyl groups is 1. The summed E-state index contributed by atoms with van der Waals surface area (Å²) in [6.45, 7) is 0. The van der Waals surface area contributed by atoms with Crippen LogP contribution in [0.5, 0.6) is 5.75 Å². The number of rotatable bonds is 4. The number of ether oxygens (including phenoxy) is 1. The van der Waals surface area contributed by atoms with E-state index in [0.29, 0.717) is 12.2 Å². The highest BCUT2D eigenvalue weighted by molar-refractivity contribution is 9.10. The maximum atomic E-state index is 10.2. The van der Waals surface area contributed by atoms with Crippen molar-refractivity contribution in [2.75, 3.05) is 7.11 Å². The molecule has 94 valence electrons. The van der Waals surface area contributed by atoms with Gasteiger partial charge in [0, 0.05) is 22.7 Å². The standard InChI is InChI=1S/C14H14BrNO2/c1-18-13-7-11(8-16-9-13)14(17)6-10-3-2-4-12(15)5-10/h2-5,7-9,14,17H,6H2,1H3. The zero-order valence-electron chi connectivity index (χ0n) is 10.0. The van der Waals surface area contributed by atoms with E-state index in [-0.39, 0.29) is 0 Å². The van der Waals surface area contributed by atoms with Crippen LogP contribution in [-0.2, 0) is 6.42 Å². The molecule has 4 heteroatoms. The summed E-state index contributed by atoms with van der Waals surface area (Å²) < 4.78 is 6.10. The van der Waals surface area contributed by atoms with E-state index in [0.717, 1.165) is 15.6 Å². The highest BCUT2D eigenvalue weighted by Gasteiger charge is 2.10. The van der Waals surface area contributed by atoms with Crippen molar-refractivity contribution in [1.82, 2.24) is 4.98 Å². The summed E-state index contributed by atoms with van der Waals surface area (Å²) in [5, 5.41) is 10.2. The van der Waals surface area contributed by atoms with Crippen molar-refractivity contribution in [3.63, 3.8) is 0 Å². The topological polar surface area (TPSA) is 42.4 Å². The zero-order valence-corrected chi connectivity index (χ0v) is 11.6. The number of halogens is 1. The molecule has 0 aliphatic rings. The first-order chi connectivity index (χ1) is 8.69. The predicted octanol–water partition coefficient (Wildman–Crippen LogP) is 3.13. The average molecular weight is 308 g/mol. The molecule has 0 fully saturated rings. The third-order valence-electron chi connectivity index (χ3n) is 2.67. The Kier molecular flexibility index (Phi) is 4.33. The Morgan fingerprint density at radius 1 is 1.33 bits per heavy atom. The minimum Gasteiger partial charge on any atom is -0.495 e. The molecule has 0 saturated carbocycles. The Hall–Kier alpha value is -1.39. The van der Waals surface area contributed by atoms with Crippen LogP contribution in [0.1, 0.15) is 17.2 Å². The molecular formula is C14H14BrNO2. The van der Waals surface area contributed by atoms with Crippen molar-refractivity contribution in [2.24, 2.45) is 0 Å². The van der Waals surface area contributed by atoms with Crippen LogP contribution in [-0.4, -0.2) is 17.2 Å². The lowest BCUT2D eigenvalue weighted by Gasteiger charge is -2.12. The van der Waals surface area contributed by atoms with Crippen LogP contribution >= 0.6 is 15.9 Å². The molecule has 0 aliphatic carbocycles. The second-order valence-corrected chi connectivity index (χ2v) is 4.92. The third kappa shape index (κ3) is 3.31. The predicted molar refractivity (Wildman–Crippen MR) is 73.6 cm³/mol. The Morgan fingerprint density at radius 3 is 2.89 bits per heavy atom. The summed E-state index contributed by atoms with van der Waals surface area (Å²) in [5.74, 6) is 0.654. The molecular weight excluding hydrogens is 294 g/mol. The molecule has 0 spiro atoms. The third-order valence-corrected chi connectivity index (χ3v) is 3.17. The van der Waals surface area contributed by atoms with Crippen LogP contribution in [0, 0.1) is 0 Å². The first-order valence-electron chi connectivity index (χ1n) is 5.60. The summed E-state index contributed by atoms with van der Waals surface area (Å²) in [5.41, 5.74) is 1.83. The molecule has 3 nitrogen and oxygen atoms in total. The van der Waals surface area contributed by atoms with E-state index in [2.05, 4.69) is 20.9 Å². The number of aliphatic hydroxyl groups excluding tert-OH is 1. The van der Waals surface area contributed by atoms with Gasteiger partial charge in [0.1, 0.15) is 5.75 Å². The molecule has 0 aliphatic heterocycles. The first kappa shape index (κ1) is 13.1.